The number of aromatic nitrogens is 3. The van der Waals surface area contributed by atoms with Gasteiger partial charge >= 0.3 is 0 Å². The monoisotopic (exact) mass is 320 g/mol. The van der Waals surface area contributed by atoms with E-state index < -0.39 is 10.0 Å². The molecule has 0 unspecified atom stereocenters. The minimum Gasteiger partial charge on any atom is -0.359 e. The predicted octanol–water partition coefficient (Wildman–Crippen LogP) is 0.947. The molecular weight excluding hydrogens is 312 g/mol. The number of aryl methyl sites for hydroxylation is 1. The number of nitrogens with one attached hydrogen (secondary N) is 2. The second kappa shape index (κ2) is 4.59. The van der Waals surface area contributed by atoms with Gasteiger partial charge in [-0.2, -0.15) is 0 Å². The Morgan fingerprint density at radius 3 is 2.88 bits per heavy atom. The molecule has 2 heterocycles. The normalized spacial score (nSPS) is 11.9. The summed E-state index contributed by atoms with van der Waals surface area (Å²) in [6.45, 7) is 1.65. The number of hydrogen-bond donors (Lipinski definition) is 2. The van der Waals surface area contributed by atoms with E-state index in [2.05, 4.69) is 35.8 Å². The lowest BCUT2D eigenvalue weighted by molar-refractivity contribution is 0.377. The first-order chi connectivity index (χ1) is 7.99. The van der Waals surface area contributed by atoms with Crippen LogP contribution in [-0.4, -0.2) is 23.5 Å². The molecule has 0 aliphatic rings. The summed E-state index contributed by atoms with van der Waals surface area (Å²) in [4.78, 5) is 6.45. The Kier molecular flexibility index (Phi) is 3.31. The number of H-pyrrole nitrogens is 1. The Morgan fingerprint density at radius 2 is 2.35 bits per heavy atom. The Hall–Kier alpha value is -1.19. The highest BCUT2D eigenvalue weighted by Crippen LogP contribution is 2.12. The Labute approximate surface area is 106 Å². The number of rotatable bonds is 4. The molecule has 7 nitrogen and oxygen atoms in total. The van der Waals surface area contributed by atoms with Crippen molar-refractivity contribution < 1.29 is 12.9 Å². The SMILES string of the molecule is Cc1[nH]cnc1S(=O)(=O)NCc1cc(Br)no1. The Bertz CT molecular complexity index is 618. The molecule has 0 fully saturated rings. The maximum absolute atomic E-state index is 11.8. The molecule has 2 N–H and O–H groups in total. The summed E-state index contributed by atoms with van der Waals surface area (Å²) in [6, 6.07) is 1.58. The molecule has 0 aliphatic heterocycles. The maximum atomic E-state index is 11.8. The van der Waals surface area contributed by atoms with Gasteiger partial charge in [0, 0.05) is 6.07 Å². The van der Waals surface area contributed by atoms with Gasteiger partial charge in [-0.25, -0.2) is 18.1 Å². The van der Waals surface area contributed by atoms with Crippen molar-refractivity contribution in [1.82, 2.24) is 19.8 Å². The maximum Gasteiger partial charge on any atom is 0.260 e. The average molecular weight is 321 g/mol. The van der Waals surface area contributed by atoms with Crippen LogP contribution in [0.15, 0.2) is 26.5 Å². The van der Waals surface area contributed by atoms with Crippen LogP contribution >= 0.6 is 15.9 Å². The molecule has 17 heavy (non-hydrogen) atoms. The number of nitrogens with zero attached hydrogens (tertiary/aromatic N) is 2. The van der Waals surface area contributed by atoms with Gasteiger partial charge in [-0.3, -0.25) is 0 Å². The van der Waals surface area contributed by atoms with Crippen molar-refractivity contribution in [1.29, 1.82) is 0 Å². The minimum atomic E-state index is -3.63. The average Bonchev–Trinajstić information content (AvgIpc) is 2.85. The fourth-order valence-corrected chi connectivity index (χ4v) is 2.67. The molecule has 0 radical (unpaired) electrons. The molecule has 0 spiro atoms. The van der Waals surface area contributed by atoms with Gasteiger partial charge in [-0.15, -0.1) is 0 Å². The fraction of sp³-hybridized carbons (Fsp3) is 0.250. The zero-order valence-corrected chi connectivity index (χ0v) is 11.2. The van der Waals surface area contributed by atoms with Crippen LogP contribution in [0.25, 0.3) is 0 Å². The van der Waals surface area contributed by atoms with Gasteiger partial charge in [-0.05, 0) is 22.9 Å². The van der Waals surface area contributed by atoms with E-state index in [-0.39, 0.29) is 11.6 Å². The summed E-state index contributed by atoms with van der Waals surface area (Å²) < 4.78 is 31.4. The van der Waals surface area contributed by atoms with E-state index >= 15 is 0 Å². The second-order valence-electron chi connectivity index (χ2n) is 3.27. The van der Waals surface area contributed by atoms with Crippen LogP contribution in [-0.2, 0) is 16.6 Å². The summed E-state index contributed by atoms with van der Waals surface area (Å²) in [5, 5.41) is 3.57. The van der Waals surface area contributed by atoms with Crippen molar-refractivity contribution in [3.63, 3.8) is 0 Å². The molecule has 2 aromatic rings. The largest absolute Gasteiger partial charge is 0.359 e. The second-order valence-corrected chi connectivity index (χ2v) is 5.77. The predicted molar refractivity (Wildman–Crippen MR) is 61.6 cm³/mol. The van der Waals surface area contributed by atoms with Crippen molar-refractivity contribution in [2.24, 2.45) is 0 Å². The van der Waals surface area contributed by atoms with Crippen LogP contribution < -0.4 is 4.72 Å². The van der Waals surface area contributed by atoms with Gasteiger partial charge in [0.1, 0.15) is 4.60 Å². The highest BCUT2D eigenvalue weighted by molar-refractivity contribution is 9.10. The van der Waals surface area contributed by atoms with E-state index in [1.807, 2.05) is 0 Å². The quantitative estimate of drug-likeness (QED) is 0.873. The van der Waals surface area contributed by atoms with E-state index in [1.165, 1.54) is 6.33 Å². The molecule has 0 saturated carbocycles. The lowest BCUT2D eigenvalue weighted by Crippen LogP contribution is -2.24. The number of hydrogen-bond acceptors (Lipinski definition) is 5. The number of aromatic amines is 1. The highest BCUT2D eigenvalue weighted by Gasteiger charge is 2.19. The van der Waals surface area contributed by atoms with Crippen LogP contribution in [0.3, 0.4) is 0 Å². The molecule has 0 aromatic carbocycles. The van der Waals surface area contributed by atoms with Crippen LogP contribution in [0.1, 0.15) is 11.5 Å². The Balaban J connectivity index is 2.11. The number of sulfonamides is 1. The third-order valence-corrected chi connectivity index (χ3v) is 3.82. The molecule has 92 valence electrons. The van der Waals surface area contributed by atoms with Crippen LogP contribution in [0.5, 0.6) is 0 Å². The van der Waals surface area contributed by atoms with Gasteiger partial charge in [0.05, 0.1) is 18.6 Å². The molecule has 0 aliphatic carbocycles. The van der Waals surface area contributed by atoms with Crippen molar-refractivity contribution in [2.45, 2.75) is 18.5 Å². The highest BCUT2D eigenvalue weighted by atomic mass is 79.9. The van der Waals surface area contributed by atoms with E-state index in [9.17, 15) is 8.42 Å². The molecule has 0 saturated heterocycles. The summed E-state index contributed by atoms with van der Waals surface area (Å²) in [5.41, 5.74) is 0.483. The summed E-state index contributed by atoms with van der Waals surface area (Å²) >= 11 is 3.10. The lowest BCUT2D eigenvalue weighted by Gasteiger charge is -2.02. The first-order valence-electron chi connectivity index (χ1n) is 4.60. The first-order valence-corrected chi connectivity index (χ1v) is 6.87. The van der Waals surface area contributed by atoms with Crippen molar-refractivity contribution in [2.75, 3.05) is 0 Å². The zero-order valence-electron chi connectivity index (χ0n) is 8.77. The van der Waals surface area contributed by atoms with Crippen molar-refractivity contribution in [3.05, 3.63) is 28.5 Å². The van der Waals surface area contributed by atoms with E-state index in [4.69, 9.17) is 4.52 Å². The van der Waals surface area contributed by atoms with E-state index in [0.29, 0.717) is 16.1 Å². The molecule has 2 rings (SSSR count). The van der Waals surface area contributed by atoms with Gasteiger partial charge in [0.25, 0.3) is 10.0 Å². The van der Waals surface area contributed by atoms with Gasteiger partial charge in [0.2, 0.25) is 0 Å². The smallest absolute Gasteiger partial charge is 0.260 e. The third-order valence-electron chi connectivity index (χ3n) is 2.00. The van der Waals surface area contributed by atoms with Gasteiger partial charge in [0.15, 0.2) is 10.8 Å². The topological polar surface area (TPSA) is 101 Å². The fourth-order valence-electron chi connectivity index (χ4n) is 1.22. The standard InChI is InChI=1S/C8H9BrN4O3S/c1-5-8(11-4-10-5)17(14,15)12-3-6-2-7(9)13-16-6/h2,4,12H,3H2,1H3,(H,10,11). The van der Waals surface area contributed by atoms with Gasteiger partial charge in [-0.1, -0.05) is 5.16 Å². The Morgan fingerprint density at radius 1 is 1.59 bits per heavy atom. The minimum absolute atomic E-state index is 0.0175. The molecule has 0 amide bonds. The number of imidazole rings is 1. The molecule has 9 heteroatoms. The summed E-state index contributed by atoms with van der Waals surface area (Å²) in [5.74, 6) is 0.411. The van der Waals surface area contributed by atoms with Gasteiger partial charge < -0.3 is 9.51 Å². The molecule has 0 bridgehead atoms. The van der Waals surface area contributed by atoms with Crippen LogP contribution in [0, 0.1) is 6.92 Å². The van der Waals surface area contributed by atoms with Crippen LogP contribution in [0.2, 0.25) is 0 Å². The third kappa shape index (κ3) is 2.73. The summed E-state index contributed by atoms with van der Waals surface area (Å²) in [6.07, 6.45) is 1.33. The molecule has 0 atom stereocenters. The zero-order chi connectivity index (χ0) is 12.5. The number of halogens is 1. The molecule has 2 aromatic heterocycles. The van der Waals surface area contributed by atoms with Crippen molar-refractivity contribution in [3.8, 4) is 0 Å². The molecular formula is C8H9BrN4O3S. The van der Waals surface area contributed by atoms with Crippen molar-refractivity contribution >= 4 is 26.0 Å². The van der Waals surface area contributed by atoms with E-state index in [1.54, 1.807) is 13.0 Å². The van der Waals surface area contributed by atoms with Crippen LogP contribution in [0.4, 0.5) is 0 Å². The van der Waals surface area contributed by atoms with E-state index in [0.717, 1.165) is 0 Å². The summed E-state index contributed by atoms with van der Waals surface area (Å²) in [7, 11) is -3.63. The lowest BCUT2D eigenvalue weighted by atomic mass is 10.5. The first kappa shape index (κ1) is 12.3.